The molecule has 0 bridgehead atoms. The van der Waals surface area contributed by atoms with Gasteiger partial charge in [0.1, 0.15) is 6.10 Å². The van der Waals surface area contributed by atoms with E-state index in [2.05, 4.69) is 10.3 Å². The summed E-state index contributed by atoms with van der Waals surface area (Å²) in [5, 5.41) is 11.6. The average molecular weight is 264 g/mol. The molecule has 1 fully saturated rings. The van der Waals surface area contributed by atoms with Crippen molar-refractivity contribution < 1.29 is 19.4 Å². The largest absolute Gasteiger partial charge is 0.479 e. The molecule has 3 atom stereocenters. The maximum atomic E-state index is 12.0. The molecule has 6 heteroatoms. The van der Waals surface area contributed by atoms with Crippen LogP contribution in [0.5, 0.6) is 0 Å². The Kier molecular flexibility index (Phi) is 4.11. The summed E-state index contributed by atoms with van der Waals surface area (Å²) < 4.78 is 5.20. The Morgan fingerprint density at radius 3 is 2.58 bits per heavy atom. The van der Waals surface area contributed by atoms with Crippen LogP contribution >= 0.6 is 0 Å². The van der Waals surface area contributed by atoms with Gasteiger partial charge >= 0.3 is 5.97 Å². The van der Waals surface area contributed by atoms with Crippen LogP contribution in [0.15, 0.2) is 24.5 Å². The highest BCUT2D eigenvalue weighted by molar-refractivity contribution is 5.82. The third-order valence-corrected chi connectivity index (χ3v) is 3.15. The number of aromatic nitrogens is 1. The maximum Gasteiger partial charge on any atom is 0.332 e. The number of nitrogens with zero attached hydrogens (tertiary/aromatic N) is 1. The zero-order valence-electron chi connectivity index (χ0n) is 10.6. The van der Waals surface area contributed by atoms with Crippen LogP contribution in [0, 0.1) is 0 Å². The second-order valence-electron chi connectivity index (χ2n) is 4.54. The first-order chi connectivity index (χ1) is 9.08. The minimum absolute atomic E-state index is 0.164. The zero-order chi connectivity index (χ0) is 13.8. The number of amides is 1. The van der Waals surface area contributed by atoms with Crippen molar-refractivity contribution in [2.45, 2.75) is 38.0 Å². The number of rotatable bonds is 4. The molecule has 19 heavy (non-hydrogen) atoms. The lowest BCUT2D eigenvalue weighted by Crippen LogP contribution is -2.37. The lowest BCUT2D eigenvalue weighted by molar-refractivity contribution is -0.151. The minimum atomic E-state index is -1.02. The lowest BCUT2D eigenvalue weighted by atomic mass is 10.1. The summed E-state index contributed by atoms with van der Waals surface area (Å²) in [4.78, 5) is 26.6. The molecular formula is C13H16N2O4. The molecule has 1 aromatic rings. The Hall–Kier alpha value is -1.95. The summed E-state index contributed by atoms with van der Waals surface area (Å²) in [5.41, 5.74) is 0.941. The molecule has 0 spiro atoms. The Bertz CT molecular complexity index is 463. The van der Waals surface area contributed by atoms with Crippen LogP contribution in [-0.2, 0) is 14.3 Å². The lowest BCUT2D eigenvalue weighted by Gasteiger charge is -2.17. The number of nitrogens with one attached hydrogen (secondary N) is 1. The number of carboxylic acids is 1. The van der Waals surface area contributed by atoms with Crippen LogP contribution in [0.2, 0.25) is 0 Å². The monoisotopic (exact) mass is 264 g/mol. The van der Waals surface area contributed by atoms with E-state index in [-0.39, 0.29) is 11.9 Å². The second-order valence-corrected chi connectivity index (χ2v) is 4.54. The van der Waals surface area contributed by atoms with E-state index >= 15 is 0 Å². The molecule has 1 aliphatic rings. The van der Waals surface area contributed by atoms with Gasteiger partial charge in [-0.2, -0.15) is 0 Å². The predicted molar refractivity (Wildman–Crippen MR) is 66.3 cm³/mol. The highest BCUT2D eigenvalue weighted by Gasteiger charge is 2.35. The topological polar surface area (TPSA) is 88.5 Å². The summed E-state index contributed by atoms with van der Waals surface area (Å²) in [6.07, 6.45) is 2.58. The number of carbonyl (C=O) groups is 2. The van der Waals surface area contributed by atoms with E-state index in [4.69, 9.17) is 9.84 Å². The molecule has 1 amide bonds. The Labute approximate surface area is 110 Å². The van der Waals surface area contributed by atoms with Gasteiger partial charge in [0.05, 0.1) is 6.04 Å². The minimum Gasteiger partial charge on any atom is -0.479 e. The molecule has 102 valence electrons. The first-order valence-corrected chi connectivity index (χ1v) is 6.16. The molecule has 1 saturated heterocycles. The maximum absolute atomic E-state index is 12.0. The molecule has 2 N–H and O–H groups in total. The van der Waals surface area contributed by atoms with Crippen LogP contribution in [0.4, 0.5) is 0 Å². The van der Waals surface area contributed by atoms with Crippen molar-refractivity contribution in [1.29, 1.82) is 0 Å². The SMILES string of the molecule is C[C@@H](NC(=O)C1CCC(C(=O)O)O1)c1ccncc1. The van der Waals surface area contributed by atoms with Gasteiger partial charge < -0.3 is 15.2 Å². The number of carboxylic acid groups (broad SMARTS) is 1. The van der Waals surface area contributed by atoms with Gasteiger partial charge in [0.2, 0.25) is 5.91 Å². The normalized spacial score (nSPS) is 23.8. The number of carbonyl (C=O) groups excluding carboxylic acids is 1. The highest BCUT2D eigenvalue weighted by atomic mass is 16.5. The van der Waals surface area contributed by atoms with E-state index < -0.39 is 18.2 Å². The molecule has 6 nitrogen and oxygen atoms in total. The smallest absolute Gasteiger partial charge is 0.332 e. The first kappa shape index (κ1) is 13.5. The van der Waals surface area contributed by atoms with Crippen LogP contribution in [-0.4, -0.2) is 34.2 Å². The highest BCUT2D eigenvalue weighted by Crippen LogP contribution is 2.21. The zero-order valence-corrected chi connectivity index (χ0v) is 10.6. The van der Waals surface area contributed by atoms with Crippen LogP contribution < -0.4 is 5.32 Å². The van der Waals surface area contributed by atoms with Gasteiger partial charge in [-0.15, -0.1) is 0 Å². The predicted octanol–water partition coefficient (Wildman–Crippen LogP) is 0.891. The fourth-order valence-corrected chi connectivity index (χ4v) is 2.05. The van der Waals surface area contributed by atoms with Crippen molar-refractivity contribution in [3.63, 3.8) is 0 Å². The van der Waals surface area contributed by atoms with E-state index in [9.17, 15) is 9.59 Å². The van der Waals surface area contributed by atoms with E-state index in [1.807, 2.05) is 19.1 Å². The van der Waals surface area contributed by atoms with E-state index in [0.29, 0.717) is 12.8 Å². The van der Waals surface area contributed by atoms with Gasteiger partial charge in [-0.3, -0.25) is 9.78 Å². The standard InChI is InChI=1S/C13H16N2O4/c1-8(9-4-6-14-7-5-9)15-12(16)10-2-3-11(19-10)13(17)18/h4-8,10-11H,2-3H2,1H3,(H,15,16)(H,17,18)/t8-,10?,11?/m1/s1. The fraction of sp³-hybridized carbons (Fsp3) is 0.462. The number of hydrogen-bond acceptors (Lipinski definition) is 4. The Morgan fingerprint density at radius 2 is 2.00 bits per heavy atom. The van der Waals surface area contributed by atoms with Crippen molar-refractivity contribution in [1.82, 2.24) is 10.3 Å². The van der Waals surface area contributed by atoms with Crippen molar-refractivity contribution in [2.75, 3.05) is 0 Å². The average Bonchev–Trinajstić information content (AvgIpc) is 2.89. The van der Waals surface area contributed by atoms with Crippen molar-refractivity contribution in [3.8, 4) is 0 Å². The van der Waals surface area contributed by atoms with Gasteiger partial charge in [0, 0.05) is 12.4 Å². The molecule has 0 saturated carbocycles. The van der Waals surface area contributed by atoms with E-state index in [1.54, 1.807) is 12.4 Å². The molecule has 0 aliphatic carbocycles. The number of hydrogen-bond donors (Lipinski definition) is 2. The molecule has 2 rings (SSSR count). The number of pyridine rings is 1. The third-order valence-electron chi connectivity index (χ3n) is 3.15. The summed E-state index contributed by atoms with van der Waals surface area (Å²) in [6.45, 7) is 1.86. The molecular weight excluding hydrogens is 248 g/mol. The second kappa shape index (κ2) is 5.79. The van der Waals surface area contributed by atoms with Gasteiger partial charge in [-0.1, -0.05) is 0 Å². The fourth-order valence-electron chi connectivity index (χ4n) is 2.05. The van der Waals surface area contributed by atoms with Crippen molar-refractivity contribution in [3.05, 3.63) is 30.1 Å². The van der Waals surface area contributed by atoms with E-state index in [1.165, 1.54) is 0 Å². The number of aliphatic carboxylic acids is 1. The van der Waals surface area contributed by atoms with Gasteiger partial charge in [0.15, 0.2) is 6.10 Å². The van der Waals surface area contributed by atoms with Crippen molar-refractivity contribution >= 4 is 11.9 Å². The van der Waals surface area contributed by atoms with Crippen LogP contribution in [0.25, 0.3) is 0 Å². The Balaban J connectivity index is 1.90. The van der Waals surface area contributed by atoms with Gasteiger partial charge in [-0.05, 0) is 37.5 Å². The summed E-state index contributed by atoms with van der Waals surface area (Å²) in [5.74, 6) is -1.29. The van der Waals surface area contributed by atoms with Crippen LogP contribution in [0.1, 0.15) is 31.4 Å². The molecule has 1 aliphatic heterocycles. The van der Waals surface area contributed by atoms with Gasteiger partial charge in [-0.25, -0.2) is 4.79 Å². The van der Waals surface area contributed by atoms with Crippen molar-refractivity contribution in [2.24, 2.45) is 0 Å². The third kappa shape index (κ3) is 3.29. The molecule has 2 unspecified atom stereocenters. The van der Waals surface area contributed by atoms with Crippen LogP contribution in [0.3, 0.4) is 0 Å². The molecule has 0 aromatic carbocycles. The summed E-state index contributed by atoms with van der Waals surface area (Å²) in [6, 6.07) is 3.48. The molecule has 2 heterocycles. The van der Waals surface area contributed by atoms with E-state index in [0.717, 1.165) is 5.56 Å². The number of ether oxygens (including phenoxy) is 1. The van der Waals surface area contributed by atoms with Gasteiger partial charge in [0.25, 0.3) is 0 Å². The summed E-state index contributed by atoms with van der Waals surface area (Å²) in [7, 11) is 0. The quantitative estimate of drug-likeness (QED) is 0.843. The first-order valence-electron chi connectivity index (χ1n) is 6.16. The molecule has 0 radical (unpaired) electrons. The summed E-state index contributed by atoms with van der Waals surface area (Å²) >= 11 is 0. The Morgan fingerprint density at radius 1 is 1.37 bits per heavy atom. The molecule has 1 aromatic heterocycles.